The van der Waals surface area contributed by atoms with Crippen molar-refractivity contribution >= 4 is 15.7 Å². The predicted octanol–water partition coefficient (Wildman–Crippen LogP) is 1.81. The quantitative estimate of drug-likeness (QED) is 0.650. The number of aliphatic hydroxyl groups is 1. The van der Waals surface area contributed by atoms with Crippen molar-refractivity contribution in [3.8, 4) is 0 Å². The molecule has 0 saturated carbocycles. The number of rotatable bonds is 9. The van der Waals surface area contributed by atoms with E-state index in [-0.39, 0.29) is 11.5 Å². The van der Waals surface area contributed by atoms with E-state index in [1.165, 1.54) is 7.05 Å². The largest absolute Gasteiger partial charge is 0.396 e. The van der Waals surface area contributed by atoms with Crippen molar-refractivity contribution in [2.45, 2.75) is 31.1 Å². The van der Waals surface area contributed by atoms with E-state index in [2.05, 4.69) is 17.0 Å². The van der Waals surface area contributed by atoms with Gasteiger partial charge in [0.2, 0.25) is 10.0 Å². The Kier molecular flexibility index (Phi) is 6.98. The zero-order chi connectivity index (χ0) is 15.0. The number of benzene rings is 1. The molecular formula is C14H24N2O3S. The zero-order valence-corrected chi connectivity index (χ0v) is 12.9. The summed E-state index contributed by atoms with van der Waals surface area (Å²) in [5, 5.41) is 12.2. The second-order valence-corrected chi connectivity index (χ2v) is 6.61. The fraction of sp³-hybridized carbons (Fsp3) is 0.571. The highest BCUT2D eigenvalue weighted by molar-refractivity contribution is 7.89. The minimum absolute atomic E-state index is 0.156. The first-order valence-electron chi connectivity index (χ1n) is 6.92. The van der Waals surface area contributed by atoms with Gasteiger partial charge < -0.3 is 10.4 Å². The number of para-hydroxylation sites is 1. The number of nitrogens with one attached hydrogen (secondary N) is 2. The fourth-order valence-corrected chi connectivity index (χ4v) is 3.06. The molecule has 0 fully saturated rings. The summed E-state index contributed by atoms with van der Waals surface area (Å²) >= 11 is 0. The van der Waals surface area contributed by atoms with Crippen molar-refractivity contribution < 1.29 is 13.5 Å². The van der Waals surface area contributed by atoms with Crippen LogP contribution in [0, 0.1) is 5.92 Å². The lowest BCUT2D eigenvalue weighted by Crippen LogP contribution is -2.22. The first-order chi connectivity index (χ1) is 9.55. The van der Waals surface area contributed by atoms with Gasteiger partial charge in [0.1, 0.15) is 4.90 Å². The third-order valence-electron chi connectivity index (χ3n) is 3.26. The Morgan fingerprint density at radius 3 is 2.55 bits per heavy atom. The monoisotopic (exact) mass is 300 g/mol. The first kappa shape index (κ1) is 16.9. The Labute approximate surface area is 121 Å². The van der Waals surface area contributed by atoms with Crippen LogP contribution in [0.3, 0.4) is 0 Å². The minimum atomic E-state index is -3.46. The second-order valence-electron chi connectivity index (χ2n) is 4.75. The summed E-state index contributed by atoms with van der Waals surface area (Å²) in [5.41, 5.74) is 0.598. The summed E-state index contributed by atoms with van der Waals surface area (Å²) in [7, 11) is -2.06. The Morgan fingerprint density at radius 2 is 1.95 bits per heavy atom. The maximum absolute atomic E-state index is 11.9. The van der Waals surface area contributed by atoms with E-state index < -0.39 is 10.0 Å². The molecule has 20 heavy (non-hydrogen) atoms. The third kappa shape index (κ3) is 4.77. The number of aliphatic hydroxyl groups excluding tert-OH is 1. The molecule has 1 unspecified atom stereocenters. The van der Waals surface area contributed by atoms with Crippen molar-refractivity contribution in [1.82, 2.24) is 4.72 Å². The SMILES string of the molecule is CCCC(CCO)CNc1ccccc1S(=O)(=O)NC. The van der Waals surface area contributed by atoms with Gasteiger partial charge in [0, 0.05) is 13.2 Å². The molecule has 0 heterocycles. The molecule has 0 aliphatic carbocycles. The standard InChI is InChI=1S/C14H24N2O3S/c1-3-6-12(9-10-17)11-16-13-7-4-5-8-14(13)20(18,19)15-2/h4-5,7-8,12,15-17H,3,6,9-11H2,1-2H3. The molecule has 1 aromatic rings. The van der Waals surface area contributed by atoms with Crippen molar-refractivity contribution in [2.75, 3.05) is 25.5 Å². The highest BCUT2D eigenvalue weighted by atomic mass is 32.2. The van der Waals surface area contributed by atoms with E-state index in [4.69, 9.17) is 5.11 Å². The Morgan fingerprint density at radius 1 is 1.25 bits per heavy atom. The summed E-state index contributed by atoms with van der Waals surface area (Å²) in [6.07, 6.45) is 2.78. The molecule has 1 atom stereocenters. The Hall–Kier alpha value is -1.11. The van der Waals surface area contributed by atoms with E-state index in [1.807, 2.05) is 0 Å². The van der Waals surface area contributed by atoms with Crippen LogP contribution in [0.5, 0.6) is 0 Å². The fourth-order valence-electron chi connectivity index (χ4n) is 2.15. The lowest BCUT2D eigenvalue weighted by molar-refractivity contribution is 0.255. The van der Waals surface area contributed by atoms with Crippen molar-refractivity contribution in [3.63, 3.8) is 0 Å². The predicted molar refractivity (Wildman–Crippen MR) is 81.3 cm³/mol. The molecular weight excluding hydrogens is 276 g/mol. The van der Waals surface area contributed by atoms with Crippen LogP contribution >= 0.6 is 0 Å². The molecule has 0 radical (unpaired) electrons. The highest BCUT2D eigenvalue weighted by Crippen LogP contribution is 2.21. The molecule has 0 amide bonds. The molecule has 114 valence electrons. The lowest BCUT2D eigenvalue weighted by Gasteiger charge is -2.18. The van der Waals surface area contributed by atoms with Gasteiger partial charge in [-0.15, -0.1) is 0 Å². The van der Waals surface area contributed by atoms with Crippen LogP contribution in [-0.2, 0) is 10.0 Å². The van der Waals surface area contributed by atoms with E-state index in [0.29, 0.717) is 18.2 Å². The van der Waals surface area contributed by atoms with E-state index in [0.717, 1.165) is 19.3 Å². The number of hydrogen-bond acceptors (Lipinski definition) is 4. The van der Waals surface area contributed by atoms with E-state index in [1.54, 1.807) is 24.3 Å². The van der Waals surface area contributed by atoms with Gasteiger partial charge in [0.05, 0.1) is 5.69 Å². The number of sulfonamides is 1. The van der Waals surface area contributed by atoms with Gasteiger partial charge in [-0.1, -0.05) is 25.5 Å². The van der Waals surface area contributed by atoms with Gasteiger partial charge >= 0.3 is 0 Å². The molecule has 6 heteroatoms. The molecule has 3 N–H and O–H groups in total. The number of anilines is 1. The highest BCUT2D eigenvalue weighted by Gasteiger charge is 2.16. The van der Waals surface area contributed by atoms with Gasteiger partial charge in [-0.05, 0) is 37.9 Å². The smallest absolute Gasteiger partial charge is 0.242 e. The topological polar surface area (TPSA) is 78.4 Å². The van der Waals surface area contributed by atoms with Crippen LogP contribution in [0.15, 0.2) is 29.2 Å². The van der Waals surface area contributed by atoms with E-state index in [9.17, 15) is 8.42 Å². The summed E-state index contributed by atoms with van der Waals surface area (Å²) in [5.74, 6) is 0.343. The Bertz CT molecular complexity index is 497. The van der Waals surface area contributed by atoms with Gasteiger partial charge in [0.15, 0.2) is 0 Å². The van der Waals surface area contributed by atoms with Crippen LogP contribution in [-0.4, -0.2) is 33.7 Å². The second kappa shape index (κ2) is 8.24. The van der Waals surface area contributed by atoms with Crippen LogP contribution in [0.1, 0.15) is 26.2 Å². The normalized spacial score (nSPS) is 13.2. The lowest BCUT2D eigenvalue weighted by atomic mass is 10.0. The summed E-state index contributed by atoms with van der Waals surface area (Å²) in [6, 6.07) is 6.84. The van der Waals surface area contributed by atoms with Crippen molar-refractivity contribution in [1.29, 1.82) is 0 Å². The average molecular weight is 300 g/mol. The van der Waals surface area contributed by atoms with Crippen molar-refractivity contribution in [3.05, 3.63) is 24.3 Å². The van der Waals surface area contributed by atoms with Crippen LogP contribution < -0.4 is 10.0 Å². The van der Waals surface area contributed by atoms with Crippen LogP contribution in [0.4, 0.5) is 5.69 Å². The first-order valence-corrected chi connectivity index (χ1v) is 8.40. The maximum Gasteiger partial charge on any atom is 0.242 e. The molecule has 1 aromatic carbocycles. The van der Waals surface area contributed by atoms with E-state index >= 15 is 0 Å². The van der Waals surface area contributed by atoms with Gasteiger partial charge in [-0.25, -0.2) is 13.1 Å². The molecule has 5 nitrogen and oxygen atoms in total. The Balaban J connectivity index is 2.82. The maximum atomic E-state index is 11.9. The molecule has 1 rings (SSSR count). The summed E-state index contributed by atoms with van der Waals surface area (Å²) in [4.78, 5) is 0.252. The van der Waals surface area contributed by atoms with Crippen LogP contribution in [0.25, 0.3) is 0 Å². The molecule has 0 aliphatic heterocycles. The van der Waals surface area contributed by atoms with Crippen molar-refractivity contribution in [2.24, 2.45) is 5.92 Å². The summed E-state index contributed by atoms with van der Waals surface area (Å²) in [6.45, 7) is 2.91. The van der Waals surface area contributed by atoms with Gasteiger partial charge in [-0.3, -0.25) is 0 Å². The molecule has 0 aromatic heterocycles. The summed E-state index contributed by atoms with van der Waals surface area (Å²) < 4.78 is 26.2. The number of hydrogen-bond donors (Lipinski definition) is 3. The third-order valence-corrected chi connectivity index (χ3v) is 4.73. The minimum Gasteiger partial charge on any atom is -0.396 e. The average Bonchev–Trinajstić information content (AvgIpc) is 2.45. The van der Waals surface area contributed by atoms with Gasteiger partial charge in [0.25, 0.3) is 0 Å². The zero-order valence-electron chi connectivity index (χ0n) is 12.1. The van der Waals surface area contributed by atoms with Crippen LogP contribution in [0.2, 0.25) is 0 Å². The molecule has 0 aliphatic rings. The molecule has 0 saturated heterocycles. The molecule has 0 bridgehead atoms. The van der Waals surface area contributed by atoms with Gasteiger partial charge in [-0.2, -0.15) is 0 Å². The molecule has 0 spiro atoms.